The molecule has 0 aliphatic carbocycles. The molecular formula is C18H20N2O. The van der Waals surface area contributed by atoms with Gasteiger partial charge in [-0.15, -0.1) is 0 Å². The second-order valence-corrected chi connectivity index (χ2v) is 5.53. The zero-order valence-corrected chi connectivity index (χ0v) is 12.2. The fourth-order valence-electron chi connectivity index (χ4n) is 2.80. The molecule has 3 heteroatoms. The smallest absolute Gasteiger partial charge is 0.255 e. The Morgan fingerprint density at radius 3 is 2.33 bits per heavy atom. The molecular weight excluding hydrogens is 260 g/mol. The number of benzene rings is 1. The molecule has 1 aromatic carbocycles. The summed E-state index contributed by atoms with van der Waals surface area (Å²) in [6, 6.07) is 12.0. The summed E-state index contributed by atoms with van der Waals surface area (Å²) >= 11 is 0. The molecule has 2 aromatic rings. The van der Waals surface area contributed by atoms with Crippen molar-refractivity contribution in [3.05, 3.63) is 54.4 Å². The Bertz CT molecular complexity index is 602. The van der Waals surface area contributed by atoms with Gasteiger partial charge in [0.1, 0.15) is 0 Å². The summed E-state index contributed by atoms with van der Waals surface area (Å²) in [5.74, 6) is 0.113. The van der Waals surface area contributed by atoms with Gasteiger partial charge in [-0.3, -0.25) is 9.78 Å². The number of carbonyl (C=O) groups excluding carboxylic acids is 1. The van der Waals surface area contributed by atoms with Gasteiger partial charge in [-0.25, -0.2) is 0 Å². The molecule has 0 saturated carbocycles. The third-order valence-corrected chi connectivity index (χ3v) is 3.99. The maximum Gasteiger partial charge on any atom is 0.255 e. The average molecular weight is 280 g/mol. The van der Waals surface area contributed by atoms with E-state index >= 15 is 0 Å². The van der Waals surface area contributed by atoms with Crippen LogP contribution in [0.1, 0.15) is 36.0 Å². The number of rotatable bonds is 2. The third kappa shape index (κ3) is 3.30. The van der Waals surface area contributed by atoms with Crippen LogP contribution in [0.3, 0.4) is 0 Å². The van der Waals surface area contributed by atoms with Crippen LogP contribution in [0.4, 0.5) is 0 Å². The van der Waals surface area contributed by atoms with Crippen molar-refractivity contribution >= 4 is 5.91 Å². The number of hydrogen-bond acceptors (Lipinski definition) is 2. The van der Waals surface area contributed by atoms with E-state index in [2.05, 4.69) is 4.98 Å². The topological polar surface area (TPSA) is 33.2 Å². The molecule has 1 aliphatic heterocycles. The molecule has 0 spiro atoms. The number of aromatic nitrogens is 1. The molecule has 3 rings (SSSR count). The monoisotopic (exact) mass is 280 g/mol. The Morgan fingerprint density at radius 2 is 1.62 bits per heavy atom. The van der Waals surface area contributed by atoms with E-state index in [0.717, 1.165) is 37.1 Å². The van der Waals surface area contributed by atoms with Crippen LogP contribution in [0.25, 0.3) is 11.1 Å². The van der Waals surface area contributed by atoms with Crippen molar-refractivity contribution in [3.8, 4) is 11.1 Å². The van der Waals surface area contributed by atoms with Crippen molar-refractivity contribution in [2.75, 3.05) is 13.1 Å². The first-order valence-electron chi connectivity index (χ1n) is 7.64. The lowest BCUT2D eigenvalue weighted by atomic mass is 10.1. The molecule has 0 atom stereocenters. The third-order valence-electron chi connectivity index (χ3n) is 3.99. The van der Waals surface area contributed by atoms with Gasteiger partial charge in [0, 0.05) is 31.0 Å². The van der Waals surface area contributed by atoms with E-state index in [9.17, 15) is 4.79 Å². The number of nitrogens with zero attached hydrogens (tertiary/aromatic N) is 2. The highest BCUT2D eigenvalue weighted by Crippen LogP contribution is 2.20. The minimum atomic E-state index is 0.113. The van der Waals surface area contributed by atoms with Crippen molar-refractivity contribution < 1.29 is 4.79 Å². The van der Waals surface area contributed by atoms with Crippen LogP contribution in [0.15, 0.2) is 48.8 Å². The number of likely N-dealkylation sites (tertiary alicyclic amines) is 1. The lowest BCUT2D eigenvalue weighted by Crippen LogP contribution is -2.31. The summed E-state index contributed by atoms with van der Waals surface area (Å²) in [7, 11) is 0. The molecule has 108 valence electrons. The molecule has 1 amide bonds. The second-order valence-electron chi connectivity index (χ2n) is 5.53. The Hall–Kier alpha value is -2.16. The van der Waals surface area contributed by atoms with Gasteiger partial charge in [0.05, 0.1) is 5.56 Å². The summed E-state index contributed by atoms with van der Waals surface area (Å²) in [4.78, 5) is 18.8. The van der Waals surface area contributed by atoms with Gasteiger partial charge in [0.2, 0.25) is 0 Å². The Labute approximate surface area is 125 Å². The molecule has 0 radical (unpaired) electrons. The normalized spacial score (nSPS) is 15.5. The molecule has 1 aliphatic rings. The van der Waals surface area contributed by atoms with E-state index < -0.39 is 0 Å². The van der Waals surface area contributed by atoms with Gasteiger partial charge >= 0.3 is 0 Å². The lowest BCUT2D eigenvalue weighted by molar-refractivity contribution is 0.0761. The number of carbonyl (C=O) groups is 1. The van der Waals surface area contributed by atoms with Crippen LogP contribution in [-0.2, 0) is 0 Å². The fraction of sp³-hybridized carbons (Fsp3) is 0.333. The van der Waals surface area contributed by atoms with Crippen LogP contribution >= 0.6 is 0 Å². The van der Waals surface area contributed by atoms with Crippen LogP contribution in [0, 0.1) is 0 Å². The van der Waals surface area contributed by atoms with E-state index in [1.54, 1.807) is 6.20 Å². The molecule has 0 bridgehead atoms. The van der Waals surface area contributed by atoms with Crippen molar-refractivity contribution in [2.45, 2.75) is 25.7 Å². The van der Waals surface area contributed by atoms with E-state index in [-0.39, 0.29) is 5.91 Å². The molecule has 0 unspecified atom stereocenters. The minimum Gasteiger partial charge on any atom is -0.339 e. The molecule has 1 fully saturated rings. The first kappa shape index (κ1) is 13.8. The summed E-state index contributed by atoms with van der Waals surface area (Å²) < 4.78 is 0. The summed E-state index contributed by atoms with van der Waals surface area (Å²) in [5, 5.41) is 0. The van der Waals surface area contributed by atoms with Crippen molar-refractivity contribution in [2.24, 2.45) is 0 Å². The largest absolute Gasteiger partial charge is 0.339 e. The highest BCUT2D eigenvalue weighted by Gasteiger charge is 2.17. The van der Waals surface area contributed by atoms with Crippen LogP contribution in [0.5, 0.6) is 0 Å². The Kier molecular flexibility index (Phi) is 4.29. The van der Waals surface area contributed by atoms with Gasteiger partial charge in [0.25, 0.3) is 5.91 Å². The highest BCUT2D eigenvalue weighted by atomic mass is 16.2. The zero-order valence-electron chi connectivity index (χ0n) is 12.2. The summed E-state index contributed by atoms with van der Waals surface area (Å²) in [5.41, 5.74) is 2.78. The first-order chi connectivity index (χ1) is 10.3. The summed E-state index contributed by atoms with van der Waals surface area (Å²) in [6.45, 7) is 1.74. The number of amides is 1. The molecule has 0 N–H and O–H groups in total. The lowest BCUT2D eigenvalue weighted by Gasteiger charge is -2.20. The highest BCUT2D eigenvalue weighted by molar-refractivity contribution is 5.95. The van der Waals surface area contributed by atoms with Crippen LogP contribution in [0.2, 0.25) is 0 Å². The maximum absolute atomic E-state index is 12.6. The van der Waals surface area contributed by atoms with Gasteiger partial charge in [-0.05, 0) is 24.5 Å². The van der Waals surface area contributed by atoms with E-state index in [1.165, 1.54) is 12.8 Å². The zero-order chi connectivity index (χ0) is 14.5. The SMILES string of the molecule is O=C(c1cncc(-c2ccccc2)c1)N1CCCCCC1. The van der Waals surface area contributed by atoms with Gasteiger partial charge < -0.3 is 4.90 Å². The van der Waals surface area contributed by atoms with Crippen molar-refractivity contribution in [1.82, 2.24) is 9.88 Å². The van der Waals surface area contributed by atoms with Crippen LogP contribution < -0.4 is 0 Å². The van der Waals surface area contributed by atoms with Gasteiger partial charge in [-0.1, -0.05) is 43.2 Å². The molecule has 1 aromatic heterocycles. The second kappa shape index (κ2) is 6.53. The van der Waals surface area contributed by atoms with E-state index in [0.29, 0.717) is 5.56 Å². The fourth-order valence-corrected chi connectivity index (χ4v) is 2.80. The summed E-state index contributed by atoms with van der Waals surface area (Å²) in [6.07, 6.45) is 8.17. The van der Waals surface area contributed by atoms with E-state index in [4.69, 9.17) is 0 Å². The number of hydrogen-bond donors (Lipinski definition) is 0. The van der Waals surface area contributed by atoms with Crippen LogP contribution in [-0.4, -0.2) is 28.9 Å². The molecule has 3 nitrogen and oxygen atoms in total. The van der Waals surface area contributed by atoms with Crippen molar-refractivity contribution in [1.29, 1.82) is 0 Å². The predicted octanol–water partition coefficient (Wildman–Crippen LogP) is 3.76. The Morgan fingerprint density at radius 1 is 0.905 bits per heavy atom. The molecule has 1 saturated heterocycles. The predicted molar refractivity (Wildman–Crippen MR) is 84.0 cm³/mol. The Balaban J connectivity index is 1.84. The maximum atomic E-state index is 12.6. The average Bonchev–Trinajstić information content (AvgIpc) is 2.84. The van der Waals surface area contributed by atoms with Crippen molar-refractivity contribution in [3.63, 3.8) is 0 Å². The van der Waals surface area contributed by atoms with Gasteiger partial charge in [0.15, 0.2) is 0 Å². The van der Waals surface area contributed by atoms with Gasteiger partial charge in [-0.2, -0.15) is 0 Å². The minimum absolute atomic E-state index is 0.113. The molecule has 2 heterocycles. The standard InChI is InChI=1S/C18H20N2O/c21-18(20-10-6-1-2-7-11-20)17-12-16(13-19-14-17)15-8-4-3-5-9-15/h3-5,8-9,12-14H,1-2,6-7,10-11H2. The number of pyridine rings is 1. The van der Waals surface area contributed by atoms with E-state index in [1.807, 2.05) is 47.5 Å². The molecule has 21 heavy (non-hydrogen) atoms. The first-order valence-corrected chi connectivity index (χ1v) is 7.64. The quantitative estimate of drug-likeness (QED) is 0.839.